The van der Waals surface area contributed by atoms with Crippen LogP contribution in [0.3, 0.4) is 0 Å². The molecule has 0 aliphatic carbocycles. The van der Waals surface area contributed by atoms with Crippen molar-refractivity contribution in [3.05, 3.63) is 77.9 Å². The number of likely N-dealkylation sites (tertiary alicyclic amines) is 1. The van der Waals surface area contributed by atoms with Crippen LogP contribution in [0.15, 0.2) is 66.7 Å². The van der Waals surface area contributed by atoms with Gasteiger partial charge in [0.05, 0.1) is 12.5 Å². The molecule has 0 spiro atoms. The van der Waals surface area contributed by atoms with E-state index in [-0.39, 0.29) is 17.9 Å². The van der Waals surface area contributed by atoms with Gasteiger partial charge in [-0.05, 0) is 53.4 Å². The van der Waals surface area contributed by atoms with Gasteiger partial charge in [-0.1, -0.05) is 42.5 Å². The molecular weight excluding hydrogens is 364 g/mol. The van der Waals surface area contributed by atoms with Crippen LogP contribution in [-0.2, 0) is 11.2 Å². The lowest BCUT2D eigenvalue weighted by atomic mass is 10.1. The molecular formula is C24H24N2O3. The van der Waals surface area contributed by atoms with Gasteiger partial charge in [-0.3, -0.25) is 9.59 Å². The Hall–Kier alpha value is -3.18. The number of rotatable bonds is 4. The highest BCUT2D eigenvalue weighted by molar-refractivity contribution is 6.06. The van der Waals surface area contributed by atoms with Gasteiger partial charge in [-0.2, -0.15) is 0 Å². The average molecular weight is 388 g/mol. The molecule has 29 heavy (non-hydrogen) atoms. The number of amides is 2. The van der Waals surface area contributed by atoms with Crippen molar-refractivity contribution < 1.29 is 14.7 Å². The van der Waals surface area contributed by atoms with E-state index in [1.807, 2.05) is 71.6 Å². The molecule has 1 heterocycles. The number of aliphatic hydroxyl groups excluding tert-OH is 1. The first-order valence-electron chi connectivity index (χ1n) is 9.93. The van der Waals surface area contributed by atoms with Crippen molar-refractivity contribution in [3.63, 3.8) is 0 Å². The zero-order valence-corrected chi connectivity index (χ0v) is 16.2. The quantitative estimate of drug-likeness (QED) is 0.717. The highest BCUT2D eigenvalue weighted by atomic mass is 16.3. The maximum atomic E-state index is 12.6. The molecule has 0 saturated carbocycles. The fourth-order valence-corrected chi connectivity index (χ4v) is 3.64. The normalized spacial score (nSPS) is 14.7. The molecule has 1 aliphatic heterocycles. The van der Waals surface area contributed by atoms with Gasteiger partial charge < -0.3 is 15.3 Å². The fraction of sp³-hybridized carbons (Fsp3) is 0.250. The van der Waals surface area contributed by atoms with E-state index in [1.165, 1.54) is 0 Å². The third-order valence-electron chi connectivity index (χ3n) is 5.40. The number of anilines is 1. The first kappa shape index (κ1) is 19.2. The van der Waals surface area contributed by atoms with E-state index in [1.54, 1.807) is 0 Å². The maximum absolute atomic E-state index is 12.6. The van der Waals surface area contributed by atoms with Gasteiger partial charge in [0.25, 0.3) is 5.91 Å². The summed E-state index contributed by atoms with van der Waals surface area (Å²) >= 11 is 0. The number of piperidine rings is 1. The zero-order chi connectivity index (χ0) is 20.2. The monoisotopic (exact) mass is 388 g/mol. The Labute approximate surface area is 170 Å². The molecule has 0 atom stereocenters. The summed E-state index contributed by atoms with van der Waals surface area (Å²) in [5.74, 6) is -0.0868. The minimum Gasteiger partial charge on any atom is -0.393 e. The Morgan fingerprint density at radius 3 is 2.34 bits per heavy atom. The van der Waals surface area contributed by atoms with Gasteiger partial charge in [-0.25, -0.2) is 0 Å². The lowest BCUT2D eigenvalue weighted by molar-refractivity contribution is -0.132. The first-order valence-corrected chi connectivity index (χ1v) is 9.93. The highest BCUT2D eigenvalue weighted by Crippen LogP contribution is 2.18. The SMILES string of the molecule is O=C(Nc1ccc(CC(=O)N2CCC(O)CC2)cc1)c1ccc2ccccc2c1. The number of nitrogens with zero attached hydrogens (tertiary/aromatic N) is 1. The summed E-state index contributed by atoms with van der Waals surface area (Å²) in [5, 5.41) is 14.6. The number of carbonyl (C=O) groups is 2. The number of aliphatic hydroxyl groups is 1. The Morgan fingerprint density at radius 1 is 0.931 bits per heavy atom. The standard InChI is InChI=1S/C24H24N2O3/c27-22-11-13-26(14-12-22)23(28)15-17-5-9-21(10-6-17)25-24(29)20-8-7-18-3-1-2-4-19(18)16-20/h1-10,16,22,27H,11-15H2,(H,25,29). The molecule has 3 aromatic carbocycles. The van der Waals surface area contributed by atoms with E-state index in [0.717, 1.165) is 16.3 Å². The third kappa shape index (κ3) is 4.63. The second kappa shape index (κ2) is 8.45. The van der Waals surface area contributed by atoms with Gasteiger partial charge in [0.1, 0.15) is 0 Å². The highest BCUT2D eigenvalue weighted by Gasteiger charge is 2.21. The molecule has 0 bridgehead atoms. The van der Waals surface area contributed by atoms with E-state index in [9.17, 15) is 14.7 Å². The molecule has 148 valence electrons. The molecule has 1 saturated heterocycles. The van der Waals surface area contributed by atoms with Crippen LogP contribution in [0.25, 0.3) is 10.8 Å². The number of hydrogen-bond acceptors (Lipinski definition) is 3. The lowest BCUT2D eigenvalue weighted by Gasteiger charge is -2.29. The summed E-state index contributed by atoms with van der Waals surface area (Å²) in [6.07, 6.45) is 1.33. The summed E-state index contributed by atoms with van der Waals surface area (Å²) in [4.78, 5) is 26.8. The molecule has 1 aliphatic rings. The van der Waals surface area contributed by atoms with E-state index in [4.69, 9.17) is 0 Å². The lowest BCUT2D eigenvalue weighted by Crippen LogP contribution is -2.40. The average Bonchev–Trinajstić information content (AvgIpc) is 2.75. The predicted molar refractivity (Wildman–Crippen MR) is 114 cm³/mol. The Bertz CT molecular complexity index is 1020. The molecule has 3 aromatic rings. The Morgan fingerprint density at radius 2 is 1.62 bits per heavy atom. The number of benzene rings is 3. The van der Waals surface area contributed by atoms with Crippen molar-refractivity contribution >= 4 is 28.3 Å². The number of hydrogen-bond donors (Lipinski definition) is 2. The minimum absolute atomic E-state index is 0.0739. The molecule has 2 N–H and O–H groups in total. The molecule has 5 heteroatoms. The number of carbonyl (C=O) groups excluding carboxylic acids is 2. The van der Waals surface area contributed by atoms with Gasteiger partial charge in [0.2, 0.25) is 5.91 Å². The van der Waals surface area contributed by atoms with Crippen molar-refractivity contribution in [2.24, 2.45) is 0 Å². The van der Waals surface area contributed by atoms with Crippen molar-refractivity contribution in [2.75, 3.05) is 18.4 Å². The van der Waals surface area contributed by atoms with Crippen molar-refractivity contribution in [3.8, 4) is 0 Å². The molecule has 0 aromatic heterocycles. The third-order valence-corrected chi connectivity index (χ3v) is 5.40. The fourth-order valence-electron chi connectivity index (χ4n) is 3.64. The van der Waals surface area contributed by atoms with E-state index in [2.05, 4.69) is 5.32 Å². The molecule has 5 nitrogen and oxygen atoms in total. The maximum Gasteiger partial charge on any atom is 0.255 e. The first-order chi connectivity index (χ1) is 14.1. The van der Waals surface area contributed by atoms with Crippen LogP contribution < -0.4 is 5.32 Å². The van der Waals surface area contributed by atoms with E-state index >= 15 is 0 Å². The topological polar surface area (TPSA) is 69.6 Å². The van der Waals surface area contributed by atoms with Gasteiger partial charge in [0.15, 0.2) is 0 Å². The summed E-state index contributed by atoms with van der Waals surface area (Å²) in [5.41, 5.74) is 2.21. The summed E-state index contributed by atoms with van der Waals surface area (Å²) < 4.78 is 0. The van der Waals surface area contributed by atoms with Crippen LogP contribution in [0.5, 0.6) is 0 Å². The van der Waals surface area contributed by atoms with Crippen molar-refractivity contribution in [1.82, 2.24) is 4.90 Å². The van der Waals surface area contributed by atoms with Crippen molar-refractivity contribution in [2.45, 2.75) is 25.4 Å². The van der Waals surface area contributed by atoms with Crippen LogP contribution in [0.2, 0.25) is 0 Å². The van der Waals surface area contributed by atoms with Crippen LogP contribution in [0, 0.1) is 0 Å². The zero-order valence-electron chi connectivity index (χ0n) is 16.2. The van der Waals surface area contributed by atoms with Gasteiger partial charge >= 0.3 is 0 Å². The van der Waals surface area contributed by atoms with Crippen LogP contribution in [0.1, 0.15) is 28.8 Å². The summed E-state index contributed by atoms with van der Waals surface area (Å²) in [6, 6.07) is 21.0. The van der Waals surface area contributed by atoms with Crippen molar-refractivity contribution in [1.29, 1.82) is 0 Å². The van der Waals surface area contributed by atoms with Gasteiger partial charge in [-0.15, -0.1) is 0 Å². The van der Waals surface area contributed by atoms with Crippen LogP contribution in [-0.4, -0.2) is 41.0 Å². The summed E-state index contributed by atoms with van der Waals surface area (Å²) in [7, 11) is 0. The van der Waals surface area contributed by atoms with Gasteiger partial charge in [0, 0.05) is 24.3 Å². The Kier molecular flexibility index (Phi) is 5.58. The van der Waals surface area contributed by atoms with E-state index in [0.29, 0.717) is 43.6 Å². The molecule has 4 rings (SSSR count). The molecule has 0 unspecified atom stereocenters. The minimum atomic E-state index is -0.287. The predicted octanol–water partition coefficient (Wildman–Crippen LogP) is 3.62. The molecule has 0 radical (unpaired) electrons. The second-order valence-electron chi connectivity index (χ2n) is 7.50. The number of nitrogens with one attached hydrogen (secondary N) is 1. The smallest absolute Gasteiger partial charge is 0.255 e. The molecule has 2 amide bonds. The number of fused-ring (bicyclic) bond motifs is 1. The second-order valence-corrected chi connectivity index (χ2v) is 7.50. The Balaban J connectivity index is 1.37. The van der Waals surface area contributed by atoms with E-state index < -0.39 is 0 Å². The summed E-state index contributed by atoms with van der Waals surface area (Å²) in [6.45, 7) is 1.22. The largest absolute Gasteiger partial charge is 0.393 e. The van der Waals surface area contributed by atoms with Crippen LogP contribution in [0.4, 0.5) is 5.69 Å². The van der Waals surface area contributed by atoms with Crippen LogP contribution >= 0.6 is 0 Å². The molecule has 1 fully saturated rings.